The van der Waals surface area contributed by atoms with Gasteiger partial charge in [0.2, 0.25) is 0 Å². The largest absolute Gasteiger partial charge is 0.388 e. The summed E-state index contributed by atoms with van der Waals surface area (Å²) in [6.45, 7) is 4.42. The number of carbonyl (C=O) groups is 1. The number of unbranched alkanes of at least 4 members (excludes halogenated alkanes) is 6. The number of hydrogen-bond acceptors (Lipinski definition) is 4. The Labute approximate surface area is 181 Å². The summed E-state index contributed by atoms with van der Waals surface area (Å²) in [4.78, 5) is 20.6. The molecule has 1 atom stereocenters. The highest BCUT2D eigenvalue weighted by atomic mass is 16.5. The summed E-state index contributed by atoms with van der Waals surface area (Å²) in [6, 6.07) is 10.4. The van der Waals surface area contributed by atoms with Crippen molar-refractivity contribution < 1.29 is 9.53 Å². The van der Waals surface area contributed by atoms with E-state index >= 15 is 0 Å². The lowest BCUT2D eigenvalue weighted by Gasteiger charge is -2.13. The number of carbonyl (C=O) groups excluding carboxylic acids is 1. The fourth-order valence-corrected chi connectivity index (χ4v) is 3.46. The van der Waals surface area contributed by atoms with Crippen LogP contribution in [-0.4, -0.2) is 15.9 Å². The van der Waals surface area contributed by atoms with Crippen molar-refractivity contribution in [2.45, 2.75) is 84.0 Å². The van der Waals surface area contributed by atoms with Gasteiger partial charge in [-0.05, 0) is 30.4 Å². The molecule has 0 fully saturated rings. The van der Waals surface area contributed by atoms with Crippen LogP contribution in [0, 0.1) is 0 Å². The lowest BCUT2D eigenvalue weighted by molar-refractivity contribution is -0.129. The number of nitrogens with zero attached hydrogens (tertiary/aromatic N) is 2. The zero-order valence-electron chi connectivity index (χ0n) is 18.6. The van der Waals surface area contributed by atoms with Gasteiger partial charge in [0.15, 0.2) is 0 Å². The van der Waals surface area contributed by atoms with Crippen molar-refractivity contribution in [3.63, 3.8) is 0 Å². The van der Waals surface area contributed by atoms with E-state index in [1.165, 1.54) is 50.2 Å². The maximum Gasteiger partial charge on any atom is 0.338 e. The highest BCUT2D eigenvalue weighted by Gasteiger charge is 2.10. The highest BCUT2D eigenvalue weighted by Crippen LogP contribution is 2.24. The van der Waals surface area contributed by atoms with E-state index in [0.29, 0.717) is 0 Å². The normalized spacial score (nSPS) is 12.2. The molecule has 162 valence electrons. The van der Waals surface area contributed by atoms with Crippen LogP contribution in [0.2, 0.25) is 0 Å². The molecule has 4 heteroatoms. The first-order valence-electron chi connectivity index (χ1n) is 11.5. The molecule has 2 aromatic rings. The summed E-state index contributed by atoms with van der Waals surface area (Å²) in [6.07, 6.45) is 18.7. The van der Waals surface area contributed by atoms with Gasteiger partial charge in [-0.25, -0.2) is 14.8 Å². The summed E-state index contributed by atoms with van der Waals surface area (Å²) in [5.41, 5.74) is 2.30. The molecule has 0 bridgehead atoms. The molecule has 0 amide bonds. The predicted octanol–water partition coefficient (Wildman–Crippen LogP) is 6.82. The minimum atomic E-state index is -0.432. The van der Waals surface area contributed by atoms with E-state index in [4.69, 9.17) is 4.74 Å². The summed E-state index contributed by atoms with van der Waals surface area (Å²) in [5.74, 6) is -0.222. The number of rotatable bonds is 14. The lowest BCUT2D eigenvalue weighted by atomic mass is 9.93. The second-order valence-corrected chi connectivity index (χ2v) is 7.83. The van der Waals surface area contributed by atoms with Crippen LogP contribution in [0.25, 0.3) is 0 Å². The number of benzene rings is 1. The Morgan fingerprint density at radius 2 is 1.60 bits per heavy atom. The van der Waals surface area contributed by atoms with Gasteiger partial charge in [-0.15, -0.1) is 0 Å². The molecular weight excluding hydrogens is 372 g/mol. The molecular formula is C26H36N2O2. The third-order valence-electron chi connectivity index (χ3n) is 5.25. The topological polar surface area (TPSA) is 52.1 Å². The van der Waals surface area contributed by atoms with Crippen LogP contribution >= 0.6 is 0 Å². The van der Waals surface area contributed by atoms with Crippen molar-refractivity contribution in [2.24, 2.45) is 0 Å². The molecule has 1 aromatic heterocycles. The van der Waals surface area contributed by atoms with Gasteiger partial charge in [0, 0.05) is 24.4 Å². The zero-order valence-corrected chi connectivity index (χ0v) is 18.6. The maximum absolute atomic E-state index is 12.2. The molecule has 0 N–H and O–H groups in total. The third kappa shape index (κ3) is 9.34. The van der Waals surface area contributed by atoms with E-state index in [0.717, 1.165) is 31.2 Å². The number of allylic oxidation sites excluding steroid dienone is 1. The van der Waals surface area contributed by atoms with Crippen molar-refractivity contribution in [3.05, 3.63) is 66.0 Å². The molecule has 0 aliphatic heterocycles. The standard InChI is InChI=1S/C26H36N2O2/c1-3-5-7-8-11-14-22-20-27-26(28-21-22)30-25(29)19-18-24(15-10-6-4-2)23-16-12-9-13-17-23/h9,12-13,16-21,24H,3-8,10-11,14-15H2,1-2H3/b19-18+. The Morgan fingerprint density at radius 3 is 2.30 bits per heavy atom. The average Bonchev–Trinajstić information content (AvgIpc) is 2.78. The third-order valence-corrected chi connectivity index (χ3v) is 5.25. The van der Waals surface area contributed by atoms with Crippen molar-refractivity contribution in [3.8, 4) is 6.01 Å². The fraction of sp³-hybridized carbons (Fsp3) is 0.500. The minimum absolute atomic E-state index is 0.113. The smallest absolute Gasteiger partial charge is 0.338 e. The molecule has 0 saturated heterocycles. The molecule has 0 aliphatic carbocycles. The average molecular weight is 409 g/mol. The minimum Gasteiger partial charge on any atom is -0.388 e. The van der Waals surface area contributed by atoms with Crippen LogP contribution in [0.4, 0.5) is 0 Å². The van der Waals surface area contributed by atoms with E-state index < -0.39 is 5.97 Å². The molecule has 0 aliphatic rings. The first kappa shape index (κ1) is 23.8. The Kier molecular flexibility index (Phi) is 11.5. The van der Waals surface area contributed by atoms with Crippen LogP contribution < -0.4 is 4.74 Å². The molecule has 2 rings (SSSR count). The molecule has 1 heterocycles. The Bertz CT molecular complexity index is 741. The van der Waals surface area contributed by atoms with Crippen molar-refractivity contribution >= 4 is 5.97 Å². The van der Waals surface area contributed by atoms with Crippen molar-refractivity contribution in [1.29, 1.82) is 0 Å². The van der Waals surface area contributed by atoms with E-state index in [-0.39, 0.29) is 11.9 Å². The zero-order chi connectivity index (χ0) is 21.4. The fourth-order valence-electron chi connectivity index (χ4n) is 3.46. The summed E-state index contributed by atoms with van der Waals surface area (Å²) < 4.78 is 5.29. The lowest BCUT2D eigenvalue weighted by Crippen LogP contribution is -2.08. The van der Waals surface area contributed by atoms with Gasteiger partial charge in [-0.1, -0.05) is 95.2 Å². The van der Waals surface area contributed by atoms with Gasteiger partial charge >= 0.3 is 12.0 Å². The first-order valence-corrected chi connectivity index (χ1v) is 11.5. The quantitative estimate of drug-likeness (QED) is 0.196. The van der Waals surface area contributed by atoms with Gasteiger partial charge in [-0.2, -0.15) is 0 Å². The molecule has 0 spiro atoms. The Morgan fingerprint density at radius 1 is 0.933 bits per heavy atom. The first-order chi connectivity index (χ1) is 14.7. The van der Waals surface area contributed by atoms with Crippen LogP contribution in [0.15, 0.2) is 54.9 Å². The SMILES string of the molecule is CCCCCCCc1cnc(OC(=O)/C=C/C(CCCCC)c2ccccc2)nc1. The summed E-state index contributed by atoms with van der Waals surface area (Å²) >= 11 is 0. The molecule has 0 saturated carbocycles. The van der Waals surface area contributed by atoms with E-state index in [2.05, 4.69) is 35.9 Å². The monoisotopic (exact) mass is 408 g/mol. The molecule has 1 unspecified atom stereocenters. The Balaban J connectivity index is 1.85. The predicted molar refractivity (Wildman–Crippen MR) is 123 cm³/mol. The van der Waals surface area contributed by atoms with Gasteiger partial charge in [-0.3, -0.25) is 0 Å². The highest BCUT2D eigenvalue weighted by molar-refractivity contribution is 5.83. The van der Waals surface area contributed by atoms with Crippen LogP contribution in [0.1, 0.15) is 88.7 Å². The van der Waals surface area contributed by atoms with E-state index in [1.807, 2.05) is 24.3 Å². The van der Waals surface area contributed by atoms with Crippen molar-refractivity contribution in [2.75, 3.05) is 0 Å². The number of esters is 1. The van der Waals surface area contributed by atoms with Gasteiger partial charge in [0.05, 0.1) is 0 Å². The van der Waals surface area contributed by atoms with Gasteiger partial charge in [0.25, 0.3) is 0 Å². The van der Waals surface area contributed by atoms with E-state index in [1.54, 1.807) is 12.4 Å². The molecule has 4 nitrogen and oxygen atoms in total. The van der Waals surface area contributed by atoms with Gasteiger partial charge in [0.1, 0.15) is 0 Å². The second kappa shape index (κ2) is 14.5. The number of hydrogen-bond donors (Lipinski definition) is 0. The number of aromatic nitrogens is 2. The number of aryl methyl sites for hydroxylation is 1. The molecule has 0 radical (unpaired) electrons. The summed E-state index contributed by atoms with van der Waals surface area (Å²) in [7, 11) is 0. The van der Waals surface area contributed by atoms with Crippen LogP contribution in [-0.2, 0) is 11.2 Å². The van der Waals surface area contributed by atoms with Crippen LogP contribution in [0.3, 0.4) is 0 Å². The molecule has 30 heavy (non-hydrogen) atoms. The second-order valence-electron chi connectivity index (χ2n) is 7.83. The van der Waals surface area contributed by atoms with Gasteiger partial charge < -0.3 is 4.74 Å². The number of ether oxygens (including phenoxy) is 1. The van der Waals surface area contributed by atoms with Crippen molar-refractivity contribution in [1.82, 2.24) is 9.97 Å². The van der Waals surface area contributed by atoms with E-state index in [9.17, 15) is 4.79 Å². The molecule has 1 aromatic carbocycles. The van der Waals surface area contributed by atoms with Crippen LogP contribution in [0.5, 0.6) is 6.01 Å². The Hall–Kier alpha value is -2.49. The maximum atomic E-state index is 12.2. The summed E-state index contributed by atoms with van der Waals surface area (Å²) in [5, 5.41) is 0.